The Morgan fingerprint density at radius 3 is 2.61 bits per heavy atom. The maximum absolute atomic E-state index is 14.9. The third-order valence-corrected chi connectivity index (χ3v) is 6.09. The topological polar surface area (TPSA) is 52.6 Å². The molecule has 4 nitrogen and oxygen atoms in total. The van der Waals surface area contributed by atoms with Gasteiger partial charge in [-0.3, -0.25) is 9.59 Å². The molecule has 0 N–H and O–H groups in total. The van der Waals surface area contributed by atoms with Crippen LogP contribution >= 0.6 is 0 Å². The van der Waals surface area contributed by atoms with E-state index in [2.05, 4.69) is 0 Å². The van der Waals surface area contributed by atoms with Gasteiger partial charge >= 0.3 is 5.97 Å². The molecular formula is C30H40F2O4. The zero-order valence-corrected chi connectivity index (χ0v) is 21.7. The number of ether oxygens (including phenoxy) is 2. The van der Waals surface area contributed by atoms with Crippen molar-refractivity contribution in [1.82, 2.24) is 0 Å². The molecule has 198 valence electrons. The summed E-state index contributed by atoms with van der Waals surface area (Å²) in [4.78, 5) is 24.1. The molecule has 1 fully saturated rings. The van der Waals surface area contributed by atoms with Crippen LogP contribution in [-0.2, 0) is 25.7 Å². The molecule has 1 unspecified atom stereocenters. The van der Waals surface area contributed by atoms with Crippen LogP contribution in [0.3, 0.4) is 0 Å². The van der Waals surface area contributed by atoms with Crippen LogP contribution in [0.5, 0.6) is 0 Å². The van der Waals surface area contributed by atoms with Gasteiger partial charge in [-0.25, -0.2) is 0 Å². The fourth-order valence-electron chi connectivity index (χ4n) is 4.19. The highest BCUT2D eigenvalue weighted by Crippen LogP contribution is 2.34. The molecule has 0 spiro atoms. The molecule has 1 aliphatic carbocycles. The Balaban J connectivity index is 1.97. The summed E-state index contributed by atoms with van der Waals surface area (Å²) in [6, 6.07) is 9.24. The lowest BCUT2D eigenvalue weighted by Gasteiger charge is -2.23. The van der Waals surface area contributed by atoms with Crippen LogP contribution in [0.25, 0.3) is 0 Å². The lowest BCUT2D eigenvalue weighted by atomic mass is 9.91. The first-order valence-electron chi connectivity index (χ1n) is 13.0. The average Bonchev–Trinajstić information content (AvgIpc) is 3.19. The number of esters is 1. The van der Waals surface area contributed by atoms with Crippen LogP contribution in [0.4, 0.5) is 8.78 Å². The molecule has 0 aromatic heterocycles. The van der Waals surface area contributed by atoms with E-state index in [1.54, 1.807) is 6.08 Å². The van der Waals surface area contributed by atoms with E-state index in [9.17, 15) is 18.4 Å². The Labute approximate surface area is 214 Å². The molecule has 0 bridgehead atoms. The molecule has 2 rings (SSSR count). The van der Waals surface area contributed by atoms with Crippen molar-refractivity contribution in [3.63, 3.8) is 0 Å². The van der Waals surface area contributed by atoms with Crippen LogP contribution in [0.15, 0.2) is 66.8 Å². The SMILES string of the molecule is CC/C=C/C(F)(F)C(/C=C/[C@H]1CCC(=O)[C@@H]1C/C=C\CCCC(=O)OC(C)C)OCc1ccccc1. The van der Waals surface area contributed by atoms with Gasteiger partial charge in [0.25, 0.3) is 5.92 Å². The third kappa shape index (κ3) is 10.6. The van der Waals surface area contributed by atoms with Crippen molar-refractivity contribution in [3.05, 3.63) is 72.4 Å². The molecule has 1 saturated carbocycles. The number of unbranched alkanes of at least 4 members (excludes halogenated alkanes) is 1. The summed E-state index contributed by atoms with van der Waals surface area (Å²) in [5, 5.41) is 0. The van der Waals surface area contributed by atoms with Crippen molar-refractivity contribution in [2.45, 2.75) is 90.5 Å². The number of allylic oxidation sites excluding steroid dienone is 4. The largest absolute Gasteiger partial charge is 0.463 e. The first kappa shape index (κ1) is 29.6. The summed E-state index contributed by atoms with van der Waals surface area (Å²) >= 11 is 0. The number of alkyl halides is 2. The number of halogens is 2. The fourth-order valence-corrected chi connectivity index (χ4v) is 4.19. The standard InChI is InChI=1S/C30H40F2O4/c1-4-5-21-30(31,32)28(35-22-24-13-9-8-10-14-24)20-18-25-17-19-27(33)26(25)15-11-6-7-12-16-29(34)36-23(2)3/h5-6,8-11,13-14,18,20-21,23,25-26,28H,4,7,12,15-17,19,22H2,1-3H3/b11-6-,20-18+,21-5+/t25-,26-,28?/m1/s1. The number of Topliss-reactive ketones (excluding diaryl/α,β-unsaturated/α-hetero) is 1. The lowest BCUT2D eigenvalue weighted by Crippen LogP contribution is -2.32. The van der Waals surface area contributed by atoms with E-state index < -0.39 is 12.0 Å². The van der Waals surface area contributed by atoms with Crippen molar-refractivity contribution in [2.24, 2.45) is 11.8 Å². The molecular weight excluding hydrogens is 462 g/mol. The lowest BCUT2D eigenvalue weighted by molar-refractivity contribution is -0.147. The molecule has 1 aromatic rings. The van der Waals surface area contributed by atoms with Crippen LogP contribution in [0.2, 0.25) is 0 Å². The van der Waals surface area contributed by atoms with Gasteiger partial charge < -0.3 is 9.47 Å². The van der Waals surface area contributed by atoms with Crippen molar-refractivity contribution in [3.8, 4) is 0 Å². The number of carbonyl (C=O) groups is 2. The maximum atomic E-state index is 14.9. The van der Waals surface area contributed by atoms with Crippen molar-refractivity contribution >= 4 is 11.8 Å². The summed E-state index contributed by atoms with van der Waals surface area (Å²) < 4.78 is 40.6. The van der Waals surface area contributed by atoms with Gasteiger partial charge in [-0.2, -0.15) is 8.78 Å². The molecule has 1 aliphatic rings. The Bertz CT molecular complexity index is 889. The zero-order valence-electron chi connectivity index (χ0n) is 21.7. The van der Waals surface area contributed by atoms with E-state index in [1.807, 2.05) is 63.3 Å². The van der Waals surface area contributed by atoms with Crippen LogP contribution < -0.4 is 0 Å². The average molecular weight is 503 g/mol. The first-order chi connectivity index (χ1) is 17.2. The van der Waals surface area contributed by atoms with Crippen molar-refractivity contribution in [1.29, 1.82) is 0 Å². The molecule has 0 heterocycles. The minimum atomic E-state index is -3.16. The Morgan fingerprint density at radius 2 is 1.92 bits per heavy atom. The maximum Gasteiger partial charge on any atom is 0.306 e. The molecule has 6 heteroatoms. The second-order valence-corrected chi connectivity index (χ2v) is 9.50. The summed E-state index contributed by atoms with van der Waals surface area (Å²) in [7, 11) is 0. The predicted molar refractivity (Wildman–Crippen MR) is 139 cm³/mol. The fraction of sp³-hybridized carbons (Fsp3) is 0.533. The monoisotopic (exact) mass is 502 g/mol. The molecule has 0 saturated heterocycles. The number of rotatable bonds is 15. The Kier molecular flexibility index (Phi) is 12.8. The second-order valence-electron chi connectivity index (χ2n) is 9.50. The second kappa shape index (κ2) is 15.5. The Hall–Kier alpha value is -2.60. The van der Waals surface area contributed by atoms with E-state index in [0.29, 0.717) is 38.5 Å². The zero-order chi connectivity index (χ0) is 26.4. The minimum absolute atomic E-state index is 0.0753. The molecule has 3 atom stereocenters. The molecule has 1 aromatic carbocycles. The highest BCUT2D eigenvalue weighted by atomic mass is 19.3. The van der Waals surface area contributed by atoms with Crippen molar-refractivity contribution < 1.29 is 27.8 Å². The Morgan fingerprint density at radius 1 is 1.17 bits per heavy atom. The summed E-state index contributed by atoms with van der Waals surface area (Å²) in [5.74, 6) is -3.52. The highest BCUT2D eigenvalue weighted by molar-refractivity contribution is 5.83. The normalized spacial score (nSPS) is 19.8. The molecule has 0 amide bonds. The van der Waals surface area contributed by atoms with Gasteiger partial charge in [-0.1, -0.05) is 67.6 Å². The number of benzene rings is 1. The van der Waals surface area contributed by atoms with Gasteiger partial charge in [0.15, 0.2) is 0 Å². The molecule has 36 heavy (non-hydrogen) atoms. The van der Waals surface area contributed by atoms with Gasteiger partial charge in [0.1, 0.15) is 11.9 Å². The summed E-state index contributed by atoms with van der Waals surface area (Å²) in [6.45, 7) is 5.53. The van der Waals surface area contributed by atoms with Crippen LogP contribution in [0, 0.1) is 11.8 Å². The van der Waals surface area contributed by atoms with Gasteiger partial charge in [-0.05, 0) is 63.5 Å². The predicted octanol–water partition coefficient (Wildman–Crippen LogP) is 7.39. The van der Waals surface area contributed by atoms with E-state index in [1.165, 1.54) is 12.2 Å². The first-order valence-corrected chi connectivity index (χ1v) is 13.0. The van der Waals surface area contributed by atoms with Gasteiger partial charge in [-0.15, -0.1) is 0 Å². The highest BCUT2D eigenvalue weighted by Gasteiger charge is 2.37. The van der Waals surface area contributed by atoms with E-state index >= 15 is 0 Å². The van der Waals surface area contributed by atoms with Crippen LogP contribution in [0.1, 0.15) is 71.3 Å². The van der Waals surface area contributed by atoms with Gasteiger partial charge in [0, 0.05) is 18.8 Å². The van der Waals surface area contributed by atoms with Crippen molar-refractivity contribution in [2.75, 3.05) is 0 Å². The summed E-state index contributed by atoms with van der Waals surface area (Å²) in [6.07, 6.45) is 11.9. The third-order valence-electron chi connectivity index (χ3n) is 6.09. The smallest absolute Gasteiger partial charge is 0.306 e. The minimum Gasteiger partial charge on any atom is -0.463 e. The number of hydrogen-bond donors (Lipinski definition) is 0. The van der Waals surface area contributed by atoms with E-state index in [4.69, 9.17) is 9.47 Å². The number of hydrogen-bond acceptors (Lipinski definition) is 4. The number of ketones is 1. The molecule has 0 radical (unpaired) electrons. The van der Waals surface area contributed by atoms with Gasteiger partial charge in [0.2, 0.25) is 0 Å². The number of carbonyl (C=O) groups excluding carboxylic acids is 2. The summed E-state index contributed by atoms with van der Waals surface area (Å²) in [5.41, 5.74) is 0.822. The van der Waals surface area contributed by atoms with Gasteiger partial charge in [0.05, 0.1) is 12.7 Å². The quantitative estimate of drug-likeness (QED) is 0.143. The van der Waals surface area contributed by atoms with E-state index in [-0.39, 0.29) is 36.3 Å². The van der Waals surface area contributed by atoms with E-state index in [0.717, 1.165) is 18.1 Å². The molecule has 0 aliphatic heterocycles. The van der Waals surface area contributed by atoms with Crippen LogP contribution in [-0.4, -0.2) is 29.9 Å².